The molecule has 132 valence electrons. The molecule has 0 aromatic heterocycles. The van der Waals surface area contributed by atoms with Crippen LogP contribution in [-0.4, -0.2) is 38.1 Å². The third-order valence-electron chi connectivity index (χ3n) is 4.51. The molecule has 2 aromatic rings. The molecular formula is C19H19F2NO3. The maximum Gasteiger partial charge on any atom is 0.256 e. The van der Waals surface area contributed by atoms with Crippen LogP contribution in [0.5, 0.6) is 11.5 Å². The summed E-state index contributed by atoms with van der Waals surface area (Å²) < 4.78 is 37.6. The third kappa shape index (κ3) is 3.43. The number of carbonyl (C=O) groups is 1. The van der Waals surface area contributed by atoms with E-state index in [1.807, 2.05) is 18.2 Å². The van der Waals surface area contributed by atoms with Gasteiger partial charge in [-0.05, 0) is 36.8 Å². The SMILES string of the molecule is COc1ccc(OC)c(C2CCN(C(=O)c3ccc(F)cc3F)C2)c1. The minimum atomic E-state index is -0.840. The van der Waals surface area contributed by atoms with Crippen LogP contribution in [0.1, 0.15) is 28.3 Å². The van der Waals surface area contributed by atoms with E-state index < -0.39 is 17.5 Å². The van der Waals surface area contributed by atoms with E-state index in [0.717, 1.165) is 29.9 Å². The van der Waals surface area contributed by atoms with Crippen molar-refractivity contribution in [3.05, 3.63) is 59.2 Å². The quantitative estimate of drug-likeness (QED) is 0.848. The first-order valence-corrected chi connectivity index (χ1v) is 7.99. The van der Waals surface area contributed by atoms with Gasteiger partial charge in [0, 0.05) is 30.6 Å². The van der Waals surface area contributed by atoms with Crippen molar-refractivity contribution in [3.63, 3.8) is 0 Å². The number of rotatable bonds is 4. The largest absolute Gasteiger partial charge is 0.497 e. The maximum absolute atomic E-state index is 13.9. The number of benzene rings is 2. The maximum atomic E-state index is 13.9. The normalized spacial score (nSPS) is 16.8. The molecule has 0 radical (unpaired) electrons. The Morgan fingerprint density at radius 3 is 2.60 bits per heavy atom. The van der Waals surface area contributed by atoms with Crippen molar-refractivity contribution in [2.24, 2.45) is 0 Å². The number of hydrogen-bond donors (Lipinski definition) is 0. The van der Waals surface area contributed by atoms with Crippen molar-refractivity contribution in [3.8, 4) is 11.5 Å². The van der Waals surface area contributed by atoms with Crippen LogP contribution in [0.25, 0.3) is 0 Å². The highest BCUT2D eigenvalue weighted by molar-refractivity contribution is 5.94. The molecule has 6 heteroatoms. The van der Waals surface area contributed by atoms with Crippen LogP contribution in [-0.2, 0) is 0 Å². The van der Waals surface area contributed by atoms with Crippen LogP contribution >= 0.6 is 0 Å². The Kier molecular flexibility index (Phi) is 4.88. The molecule has 3 rings (SSSR count). The summed E-state index contributed by atoms with van der Waals surface area (Å²) in [6.07, 6.45) is 0.734. The molecule has 0 saturated carbocycles. The highest BCUT2D eigenvalue weighted by Gasteiger charge is 2.31. The summed E-state index contributed by atoms with van der Waals surface area (Å²) >= 11 is 0. The van der Waals surface area contributed by atoms with Gasteiger partial charge in [-0.15, -0.1) is 0 Å². The fourth-order valence-electron chi connectivity index (χ4n) is 3.19. The van der Waals surface area contributed by atoms with Crippen LogP contribution in [0.4, 0.5) is 8.78 Å². The lowest BCUT2D eigenvalue weighted by Gasteiger charge is -2.19. The molecule has 1 saturated heterocycles. The minimum absolute atomic E-state index is 0.0671. The molecule has 1 amide bonds. The van der Waals surface area contributed by atoms with Crippen molar-refractivity contribution in [1.29, 1.82) is 0 Å². The lowest BCUT2D eigenvalue weighted by molar-refractivity contribution is 0.0786. The summed E-state index contributed by atoms with van der Waals surface area (Å²) in [7, 11) is 3.18. The molecule has 1 heterocycles. The fraction of sp³-hybridized carbons (Fsp3) is 0.316. The average Bonchev–Trinajstić information content (AvgIpc) is 3.10. The second kappa shape index (κ2) is 7.09. The van der Waals surface area contributed by atoms with Gasteiger partial charge in [0.1, 0.15) is 23.1 Å². The monoisotopic (exact) mass is 347 g/mol. The molecule has 0 aliphatic carbocycles. The summed E-state index contributed by atoms with van der Waals surface area (Å²) in [5, 5.41) is 0. The van der Waals surface area contributed by atoms with Gasteiger partial charge >= 0.3 is 0 Å². The fourth-order valence-corrected chi connectivity index (χ4v) is 3.19. The number of carbonyl (C=O) groups excluding carboxylic acids is 1. The van der Waals surface area contributed by atoms with E-state index in [1.165, 1.54) is 6.07 Å². The van der Waals surface area contributed by atoms with Gasteiger partial charge in [-0.25, -0.2) is 8.78 Å². The summed E-state index contributed by atoms with van der Waals surface area (Å²) in [6.45, 7) is 0.944. The van der Waals surface area contributed by atoms with Crippen LogP contribution in [0, 0.1) is 11.6 Å². The molecular weight excluding hydrogens is 328 g/mol. The second-order valence-electron chi connectivity index (χ2n) is 5.97. The molecule has 25 heavy (non-hydrogen) atoms. The van der Waals surface area contributed by atoms with Gasteiger partial charge in [-0.3, -0.25) is 4.79 Å². The summed E-state index contributed by atoms with van der Waals surface area (Å²) in [6, 6.07) is 8.55. The molecule has 1 fully saturated rings. The highest BCUT2D eigenvalue weighted by atomic mass is 19.1. The molecule has 0 N–H and O–H groups in total. The smallest absolute Gasteiger partial charge is 0.256 e. The van der Waals surface area contributed by atoms with Gasteiger partial charge < -0.3 is 14.4 Å². The average molecular weight is 347 g/mol. The highest BCUT2D eigenvalue weighted by Crippen LogP contribution is 2.36. The number of methoxy groups -OCH3 is 2. The first kappa shape index (κ1) is 17.2. The zero-order valence-corrected chi connectivity index (χ0v) is 14.1. The summed E-state index contributed by atoms with van der Waals surface area (Å²) in [5.41, 5.74) is 0.844. The van der Waals surface area contributed by atoms with E-state index in [2.05, 4.69) is 0 Å². The van der Waals surface area contributed by atoms with Crippen molar-refractivity contribution in [1.82, 2.24) is 4.90 Å². The number of ether oxygens (including phenoxy) is 2. The number of nitrogens with zero attached hydrogens (tertiary/aromatic N) is 1. The first-order valence-electron chi connectivity index (χ1n) is 7.99. The zero-order valence-electron chi connectivity index (χ0n) is 14.1. The van der Waals surface area contributed by atoms with Gasteiger partial charge in [0.25, 0.3) is 5.91 Å². The predicted molar refractivity (Wildman–Crippen MR) is 89.2 cm³/mol. The van der Waals surface area contributed by atoms with Gasteiger partial charge in [-0.2, -0.15) is 0 Å². The van der Waals surface area contributed by atoms with Crippen LogP contribution in [0.2, 0.25) is 0 Å². The summed E-state index contributed by atoms with van der Waals surface area (Å²) in [4.78, 5) is 14.1. The minimum Gasteiger partial charge on any atom is -0.497 e. The van der Waals surface area contributed by atoms with Crippen molar-refractivity contribution >= 4 is 5.91 Å². The topological polar surface area (TPSA) is 38.8 Å². The molecule has 2 aromatic carbocycles. The van der Waals surface area contributed by atoms with Crippen molar-refractivity contribution < 1.29 is 23.0 Å². The number of likely N-dealkylation sites (tertiary alicyclic amines) is 1. The molecule has 1 unspecified atom stereocenters. The Hall–Kier alpha value is -2.63. The first-order chi connectivity index (χ1) is 12.0. The van der Waals surface area contributed by atoms with Crippen molar-refractivity contribution in [2.75, 3.05) is 27.3 Å². The van der Waals surface area contributed by atoms with Gasteiger partial charge in [0.05, 0.1) is 19.8 Å². The number of amides is 1. The van der Waals surface area contributed by atoms with Crippen LogP contribution in [0.15, 0.2) is 36.4 Å². The third-order valence-corrected chi connectivity index (χ3v) is 4.51. The predicted octanol–water partition coefficient (Wildman–Crippen LogP) is 3.61. The van der Waals surface area contributed by atoms with E-state index in [1.54, 1.807) is 19.1 Å². The van der Waals surface area contributed by atoms with Crippen molar-refractivity contribution in [2.45, 2.75) is 12.3 Å². The summed E-state index contributed by atoms with van der Waals surface area (Å²) in [5.74, 6) is -0.459. The van der Waals surface area contributed by atoms with E-state index >= 15 is 0 Å². The van der Waals surface area contributed by atoms with Crippen LogP contribution < -0.4 is 9.47 Å². The van der Waals surface area contributed by atoms with E-state index in [9.17, 15) is 13.6 Å². The van der Waals surface area contributed by atoms with Gasteiger partial charge in [0.15, 0.2) is 0 Å². The molecule has 0 bridgehead atoms. The molecule has 0 spiro atoms. The number of hydrogen-bond acceptors (Lipinski definition) is 3. The van der Waals surface area contributed by atoms with Gasteiger partial charge in [-0.1, -0.05) is 0 Å². The number of halogens is 2. The Balaban J connectivity index is 1.81. The Morgan fingerprint density at radius 2 is 1.92 bits per heavy atom. The van der Waals surface area contributed by atoms with Gasteiger partial charge in [0.2, 0.25) is 0 Å². The van der Waals surface area contributed by atoms with Crippen LogP contribution in [0.3, 0.4) is 0 Å². The standard InChI is InChI=1S/C19H19F2NO3/c1-24-14-4-6-18(25-2)16(10-14)12-7-8-22(11-12)19(23)15-5-3-13(20)9-17(15)21/h3-6,9-10,12H,7-8,11H2,1-2H3. The van der Waals surface area contributed by atoms with E-state index in [0.29, 0.717) is 18.8 Å². The van der Waals surface area contributed by atoms with E-state index in [4.69, 9.17) is 9.47 Å². The molecule has 1 atom stereocenters. The Bertz CT molecular complexity index is 794. The molecule has 1 aliphatic heterocycles. The zero-order chi connectivity index (χ0) is 18.0. The lowest BCUT2D eigenvalue weighted by atomic mass is 9.97. The lowest BCUT2D eigenvalue weighted by Crippen LogP contribution is -2.29. The Morgan fingerprint density at radius 1 is 1.12 bits per heavy atom. The molecule has 1 aliphatic rings. The second-order valence-corrected chi connectivity index (χ2v) is 5.97. The molecule has 4 nitrogen and oxygen atoms in total. The Labute approximate surface area is 145 Å². The van der Waals surface area contributed by atoms with E-state index in [-0.39, 0.29) is 11.5 Å².